The summed E-state index contributed by atoms with van der Waals surface area (Å²) in [6, 6.07) is 18.4. The highest BCUT2D eigenvalue weighted by Crippen LogP contribution is 2.44. The minimum atomic E-state index is -1.96. The van der Waals surface area contributed by atoms with E-state index in [0.29, 0.717) is 4.88 Å². The molecule has 0 radical (unpaired) electrons. The van der Waals surface area contributed by atoms with E-state index in [1.54, 1.807) is 17.5 Å². The lowest BCUT2D eigenvalue weighted by atomic mass is 9.93. The van der Waals surface area contributed by atoms with Crippen LogP contribution in [-0.2, 0) is 14.3 Å². The van der Waals surface area contributed by atoms with Crippen molar-refractivity contribution in [3.05, 3.63) is 82.0 Å². The molecule has 0 bridgehead atoms. The number of aliphatic carboxylic acids is 1. The number of carboxylic acid groups (broad SMARTS) is 1. The zero-order valence-electron chi connectivity index (χ0n) is 18.0. The number of likely N-dealkylation sites (tertiary alicyclic amines) is 1. The van der Waals surface area contributed by atoms with E-state index in [1.165, 1.54) is 16.2 Å². The lowest BCUT2D eigenvalue weighted by Crippen LogP contribution is -2.68. The molecule has 1 atom stereocenters. The van der Waals surface area contributed by atoms with E-state index in [2.05, 4.69) is 5.32 Å². The predicted octanol–water partition coefficient (Wildman–Crippen LogP) is 2.99. The average Bonchev–Trinajstić information content (AvgIpc) is 3.45. The molecule has 174 valence electrons. The second-order valence-electron chi connectivity index (χ2n) is 8.45. The Kier molecular flexibility index (Phi) is 5.59. The molecule has 1 fully saturated rings. The maximum atomic E-state index is 13.0. The monoisotopic (exact) mass is 478 g/mol. The summed E-state index contributed by atoms with van der Waals surface area (Å²) >= 11 is 1.29. The summed E-state index contributed by atoms with van der Waals surface area (Å²) in [5.74, 6) is -1.99. The number of thiophene rings is 1. The number of alkyl carbamates (subject to hydrolysis) is 1. The predicted molar refractivity (Wildman–Crippen MR) is 124 cm³/mol. The number of carboxylic acids is 1. The largest absolute Gasteiger partial charge is 0.479 e. The van der Waals surface area contributed by atoms with Crippen LogP contribution < -0.4 is 5.32 Å². The van der Waals surface area contributed by atoms with Crippen molar-refractivity contribution in [1.29, 1.82) is 0 Å². The second kappa shape index (κ2) is 8.58. The highest BCUT2D eigenvalue weighted by atomic mass is 32.1. The number of ether oxygens (including phenoxy) is 1. The topological polar surface area (TPSA) is 116 Å². The van der Waals surface area contributed by atoms with Gasteiger partial charge >= 0.3 is 12.1 Å². The van der Waals surface area contributed by atoms with Gasteiger partial charge in [-0.1, -0.05) is 54.6 Å². The molecule has 2 aliphatic rings. The Bertz CT molecular complexity index is 1210. The zero-order chi connectivity index (χ0) is 23.9. The van der Waals surface area contributed by atoms with Gasteiger partial charge in [-0.2, -0.15) is 0 Å². The maximum absolute atomic E-state index is 13.0. The number of aliphatic hydroxyl groups is 1. The van der Waals surface area contributed by atoms with Crippen molar-refractivity contribution < 1.29 is 29.3 Å². The molecule has 2 aromatic carbocycles. The molecule has 3 N–H and O–H groups in total. The molecule has 3 aromatic rings. The minimum absolute atomic E-state index is 0.105. The van der Waals surface area contributed by atoms with Gasteiger partial charge in [0.1, 0.15) is 12.6 Å². The first-order valence-corrected chi connectivity index (χ1v) is 11.6. The number of rotatable bonds is 6. The second-order valence-corrected chi connectivity index (χ2v) is 9.43. The van der Waals surface area contributed by atoms with Gasteiger partial charge in [0, 0.05) is 10.8 Å². The van der Waals surface area contributed by atoms with Gasteiger partial charge in [0.2, 0.25) is 0 Å². The van der Waals surface area contributed by atoms with E-state index >= 15 is 0 Å². The molecule has 34 heavy (non-hydrogen) atoms. The van der Waals surface area contributed by atoms with Crippen LogP contribution in [0.4, 0.5) is 4.79 Å². The number of fused-ring (bicyclic) bond motifs is 3. The number of hydrogen-bond acceptors (Lipinski definition) is 6. The summed E-state index contributed by atoms with van der Waals surface area (Å²) in [6.07, 6.45) is -0.748. The Labute approximate surface area is 199 Å². The third-order valence-electron chi connectivity index (χ3n) is 6.30. The van der Waals surface area contributed by atoms with Crippen molar-refractivity contribution >= 4 is 29.3 Å². The minimum Gasteiger partial charge on any atom is -0.479 e. The number of nitrogens with zero attached hydrogens (tertiary/aromatic N) is 1. The Hall–Kier alpha value is -3.69. The molecule has 1 saturated heterocycles. The first kappa shape index (κ1) is 22.1. The van der Waals surface area contributed by atoms with E-state index in [9.17, 15) is 19.5 Å². The smallest absolute Gasteiger partial charge is 0.408 e. The van der Waals surface area contributed by atoms with Crippen LogP contribution in [0.3, 0.4) is 0 Å². The number of benzene rings is 2. The van der Waals surface area contributed by atoms with Gasteiger partial charge in [0.15, 0.2) is 5.60 Å². The molecule has 8 nitrogen and oxygen atoms in total. The summed E-state index contributed by atoms with van der Waals surface area (Å²) < 4.78 is 5.57. The third kappa shape index (κ3) is 3.82. The Morgan fingerprint density at radius 3 is 2.21 bits per heavy atom. The van der Waals surface area contributed by atoms with Gasteiger partial charge in [-0.05, 0) is 33.7 Å². The van der Waals surface area contributed by atoms with Crippen LogP contribution in [0.25, 0.3) is 11.1 Å². The molecule has 2 amide bonds. The van der Waals surface area contributed by atoms with E-state index in [-0.39, 0.29) is 25.6 Å². The summed E-state index contributed by atoms with van der Waals surface area (Å²) in [4.78, 5) is 38.7. The van der Waals surface area contributed by atoms with Crippen molar-refractivity contribution in [2.45, 2.75) is 17.6 Å². The van der Waals surface area contributed by atoms with Gasteiger partial charge in [-0.25, -0.2) is 9.59 Å². The highest BCUT2D eigenvalue weighted by molar-refractivity contribution is 7.10. The van der Waals surface area contributed by atoms with Crippen molar-refractivity contribution in [3.8, 4) is 11.1 Å². The SMILES string of the molecule is O=C(NC(C(=O)N1CC(O)(C(=O)O)C1)c1cccs1)OCC1c2ccccc2-c2ccccc21. The lowest BCUT2D eigenvalue weighted by molar-refractivity contribution is -0.182. The molecule has 9 heteroatoms. The quantitative estimate of drug-likeness (QED) is 0.502. The number of β-amino-alcohol motifs (C(OH)–C–C–N with tert-alkyl or cyclic N) is 1. The molecule has 2 heterocycles. The van der Waals surface area contributed by atoms with Crippen LogP contribution in [0, 0.1) is 0 Å². The summed E-state index contributed by atoms with van der Waals surface area (Å²) in [7, 11) is 0. The molecule has 0 spiro atoms. The van der Waals surface area contributed by atoms with Gasteiger partial charge < -0.3 is 25.2 Å². The van der Waals surface area contributed by atoms with E-state index in [4.69, 9.17) is 9.84 Å². The summed E-state index contributed by atoms with van der Waals surface area (Å²) in [5.41, 5.74) is 2.43. The van der Waals surface area contributed by atoms with Crippen LogP contribution in [-0.4, -0.2) is 58.4 Å². The van der Waals surface area contributed by atoms with E-state index < -0.39 is 29.6 Å². The molecule has 0 saturated carbocycles. The van der Waals surface area contributed by atoms with Crippen molar-refractivity contribution in [2.75, 3.05) is 19.7 Å². The van der Waals surface area contributed by atoms with Gasteiger partial charge in [-0.3, -0.25) is 4.79 Å². The Morgan fingerprint density at radius 2 is 1.65 bits per heavy atom. The van der Waals surface area contributed by atoms with Crippen LogP contribution >= 0.6 is 11.3 Å². The number of carbonyl (C=O) groups excluding carboxylic acids is 2. The molecule has 1 aromatic heterocycles. The number of nitrogens with one attached hydrogen (secondary N) is 1. The Morgan fingerprint density at radius 1 is 1.03 bits per heavy atom. The standard InChI is InChI=1S/C25H22N2O6S/c28-22(27-13-25(32,14-27)23(29)30)21(20-10-5-11-34-20)26-24(31)33-12-19-17-8-3-1-6-15(17)16-7-2-4-9-18(16)19/h1-11,19,21,32H,12-14H2,(H,26,31)(H,29,30). The van der Waals surface area contributed by atoms with Crippen molar-refractivity contribution in [3.63, 3.8) is 0 Å². The number of amides is 2. The lowest BCUT2D eigenvalue weighted by Gasteiger charge is -2.44. The maximum Gasteiger partial charge on any atom is 0.408 e. The molecular formula is C25H22N2O6S. The first-order valence-electron chi connectivity index (χ1n) is 10.8. The fraction of sp³-hybridized carbons (Fsp3) is 0.240. The van der Waals surface area contributed by atoms with Crippen LogP contribution in [0.2, 0.25) is 0 Å². The highest BCUT2D eigenvalue weighted by Gasteiger charge is 2.51. The van der Waals surface area contributed by atoms with Gasteiger partial charge in [0.05, 0.1) is 13.1 Å². The number of hydrogen-bond donors (Lipinski definition) is 3. The van der Waals surface area contributed by atoms with Crippen LogP contribution in [0.15, 0.2) is 66.0 Å². The fourth-order valence-corrected chi connectivity index (χ4v) is 5.29. The molecular weight excluding hydrogens is 456 g/mol. The molecule has 1 aliphatic heterocycles. The average molecular weight is 479 g/mol. The van der Waals surface area contributed by atoms with Gasteiger partial charge in [-0.15, -0.1) is 11.3 Å². The molecule has 5 rings (SSSR count). The van der Waals surface area contributed by atoms with E-state index in [0.717, 1.165) is 22.3 Å². The van der Waals surface area contributed by atoms with Crippen molar-refractivity contribution in [1.82, 2.24) is 10.2 Å². The third-order valence-corrected chi connectivity index (χ3v) is 7.23. The first-order chi connectivity index (χ1) is 16.4. The summed E-state index contributed by atoms with van der Waals surface area (Å²) in [6.45, 7) is -0.571. The normalized spacial score (nSPS) is 16.7. The number of carbonyl (C=O) groups is 3. The summed E-state index contributed by atoms with van der Waals surface area (Å²) in [5, 5.41) is 23.5. The fourth-order valence-electron chi connectivity index (χ4n) is 4.53. The van der Waals surface area contributed by atoms with E-state index in [1.807, 2.05) is 48.5 Å². The van der Waals surface area contributed by atoms with Crippen molar-refractivity contribution in [2.24, 2.45) is 0 Å². The van der Waals surface area contributed by atoms with Crippen LogP contribution in [0.1, 0.15) is 28.0 Å². The molecule has 1 aliphatic carbocycles. The van der Waals surface area contributed by atoms with Crippen LogP contribution in [0.5, 0.6) is 0 Å². The molecule has 1 unspecified atom stereocenters. The van der Waals surface area contributed by atoms with Gasteiger partial charge in [0.25, 0.3) is 5.91 Å². The zero-order valence-corrected chi connectivity index (χ0v) is 18.8. The Balaban J connectivity index is 1.28.